The van der Waals surface area contributed by atoms with Crippen molar-refractivity contribution in [1.82, 2.24) is 10.2 Å². The largest absolute Gasteiger partial charge is 0.447 e. The number of carbonyl (C=O) groups excluding carboxylic acids is 3. The van der Waals surface area contributed by atoms with Crippen molar-refractivity contribution in [3.05, 3.63) is 12.2 Å². The molecule has 1 aliphatic rings. The molecule has 1 aliphatic heterocycles. The minimum atomic E-state index is -0.491. The first kappa shape index (κ1) is 14.2. The van der Waals surface area contributed by atoms with E-state index in [1.165, 1.54) is 12.2 Å². The molecule has 0 spiro atoms. The van der Waals surface area contributed by atoms with Gasteiger partial charge in [-0.05, 0) is 6.92 Å². The van der Waals surface area contributed by atoms with Crippen LogP contribution >= 0.6 is 0 Å². The molecule has 1 N–H and O–H groups in total. The van der Waals surface area contributed by atoms with Gasteiger partial charge in [0.05, 0.1) is 19.8 Å². The van der Waals surface area contributed by atoms with E-state index in [4.69, 9.17) is 9.47 Å². The molecule has 3 amide bonds. The maximum absolute atomic E-state index is 11.2. The quantitative estimate of drug-likeness (QED) is 0.498. The van der Waals surface area contributed by atoms with Crippen LogP contribution in [0.5, 0.6) is 0 Å². The van der Waals surface area contributed by atoms with Gasteiger partial charge in [0, 0.05) is 18.7 Å². The Morgan fingerprint density at radius 2 is 1.89 bits per heavy atom. The van der Waals surface area contributed by atoms with E-state index in [2.05, 4.69) is 5.32 Å². The Hall–Kier alpha value is -1.89. The van der Waals surface area contributed by atoms with Crippen LogP contribution in [0.1, 0.15) is 6.92 Å². The van der Waals surface area contributed by atoms with Crippen LogP contribution in [0.3, 0.4) is 0 Å². The van der Waals surface area contributed by atoms with Crippen LogP contribution in [0, 0.1) is 0 Å². The third kappa shape index (κ3) is 4.54. The molecule has 0 unspecified atom stereocenters. The van der Waals surface area contributed by atoms with Crippen molar-refractivity contribution >= 4 is 17.9 Å². The number of hydrogen-bond acceptors (Lipinski definition) is 5. The lowest BCUT2D eigenvalue weighted by molar-refractivity contribution is -0.137. The molecule has 1 heterocycles. The summed E-state index contributed by atoms with van der Waals surface area (Å²) in [5, 5.41) is 2.47. The summed E-state index contributed by atoms with van der Waals surface area (Å²) in [6.45, 7) is 3.07. The predicted octanol–water partition coefficient (Wildman–Crippen LogP) is -0.326. The first-order chi connectivity index (χ1) is 8.65. The SMILES string of the molecule is CCNC(=O)OCCOCCN1C(=O)C=CC1=O. The zero-order valence-electron chi connectivity index (χ0n) is 10.2. The summed E-state index contributed by atoms with van der Waals surface area (Å²) in [6, 6.07) is 0. The van der Waals surface area contributed by atoms with Gasteiger partial charge in [0.2, 0.25) is 0 Å². The van der Waals surface area contributed by atoms with Crippen LogP contribution < -0.4 is 5.32 Å². The highest BCUT2D eigenvalue weighted by molar-refractivity contribution is 6.12. The van der Waals surface area contributed by atoms with Gasteiger partial charge in [0.15, 0.2) is 0 Å². The number of rotatable bonds is 7. The Bertz CT molecular complexity index is 335. The molecule has 7 nitrogen and oxygen atoms in total. The minimum absolute atomic E-state index is 0.131. The number of nitrogens with zero attached hydrogens (tertiary/aromatic N) is 1. The summed E-state index contributed by atoms with van der Waals surface area (Å²) in [4.78, 5) is 34.3. The monoisotopic (exact) mass is 256 g/mol. The molecule has 0 aromatic carbocycles. The highest BCUT2D eigenvalue weighted by Gasteiger charge is 2.22. The van der Waals surface area contributed by atoms with Gasteiger partial charge < -0.3 is 14.8 Å². The van der Waals surface area contributed by atoms with E-state index in [9.17, 15) is 14.4 Å². The Labute approximate surface area is 105 Å². The van der Waals surface area contributed by atoms with Crippen molar-refractivity contribution < 1.29 is 23.9 Å². The smallest absolute Gasteiger partial charge is 0.407 e. The van der Waals surface area contributed by atoms with Crippen molar-refractivity contribution in [2.75, 3.05) is 32.9 Å². The maximum atomic E-state index is 11.2. The van der Waals surface area contributed by atoms with Crippen LogP contribution in [-0.4, -0.2) is 55.7 Å². The molecule has 7 heteroatoms. The van der Waals surface area contributed by atoms with Gasteiger partial charge >= 0.3 is 6.09 Å². The van der Waals surface area contributed by atoms with E-state index >= 15 is 0 Å². The lowest BCUT2D eigenvalue weighted by Crippen LogP contribution is -2.33. The first-order valence-electron chi connectivity index (χ1n) is 5.67. The van der Waals surface area contributed by atoms with Crippen molar-refractivity contribution in [2.45, 2.75) is 6.92 Å². The maximum Gasteiger partial charge on any atom is 0.407 e. The Morgan fingerprint density at radius 3 is 2.50 bits per heavy atom. The Morgan fingerprint density at radius 1 is 1.22 bits per heavy atom. The number of alkyl carbamates (subject to hydrolysis) is 1. The normalized spacial score (nSPS) is 14.2. The van der Waals surface area contributed by atoms with Gasteiger partial charge in [-0.2, -0.15) is 0 Å². The van der Waals surface area contributed by atoms with Gasteiger partial charge in [-0.1, -0.05) is 0 Å². The number of ether oxygens (including phenoxy) is 2. The zero-order valence-corrected chi connectivity index (χ0v) is 10.2. The molecule has 0 aromatic rings. The molecule has 0 aromatic heterocycles. The van der Waals surface area contributed by atoms with Crippen LogP contribution in [0.2, 0.25) is 0 Å². The second-order valence-corrected chi connectivity index (χ2v) is 3.44. The number of carbonyl (C=O) groups is 3. The molecule has 0 fully saturated rings. The average Bonchev–Trinajstić information content (AvgIpc) is 2.65. The third-order valence-electron chi connectivity index (χ3n) is 2.14. The highest BCUT2D eigenvalue weighted by Crippen LogP contribution is 2.02. The summed E-state index contributed by atoms with van der Waals surface area (Å²) in [7, 11) is 0. The molecule has 0 atom stereocenters. The van der Waals surface area contributed by atoms with E-state index in [-0.39, 0.29) is 38.2 Å². The van der Waals surface area contributed by atoms with Gasteiger partial charge in [-0.3, -0.25) is 14.5 Å². The number of imide groups is 1. The number of nitrogens with one attached hydrogen (secondary N) is 1. The molecule has 0 bridgehead atoms. The van der Waals surface area contributed by atoms with E-state index in [0.717, 1.165) is 4.90 Å². The van der Waals surface area contributed by atoms with E-state index < -0.39 is 6.09 Å². The molecule has 100 valence electrons. The zero-order chi connectivity index (χ0) is 13.4. The molecular formula is C11H16N2O5. The summed E-state index contributed by atoms with van der Waals surface area (Å²) in [6.07, 6.45) is 1.95. The second kappa shape index (κ2) is 7.44. The van der Waals surface area contributed by atoms with Crippen LogP contribution in [0.25, 0.3) is 0 Å². The Balaban J connectivity index is 2.01. The van der Waals surface area contributed by atoms with Gasteiger partial charge in [-0.15, -0.1) is 0 Å². The van der Waals surface area contributed by atoms with E-state index in [1.54, 1.807) is 6.92 Å². The second-order valence-electron chi connectivity index (χ2n) is 3.44. The number of hydrogen-bond donors (Lipinski definition) is 1. The minimum Gasteiger partial charge on any atom is -0.447 e. The fourth-order valence-electron chi connectivity index (χ4n) is 1.30. The summed E-state index contributed by atoms with van der Waals surface area (Å²) >= 11 is 0. The number of amides is 3. The van der Waals surface area contributed by atoms with Gasteiger partial charge in [-0.25, -0.2) is 4.79 Å². The first-order valence-corrected chi connectivity index (χ1v) is 5.67. The standard InChI is InChI=1S/C11H16N2O5/c1-2-12-11(16)18-8-7-17-6-5-13-9(14)3-4-10(13)15/h3-4H,2,5-8H2,1H3,(H,12,16). The molecule has 18 heavy (non-hydrogen) atoms. The topological polar surface area (TPSA) is 84.9 Å². The third-order valence-corrected chi connectivity index (χ3v) is 2.14. The summed E-state index contributed by atoms with van der Waals surface area (Å²) < 4.78 is 9.90. The molecular weight excluding hydrogens is 240 g/mol. The van der Waals surface area contributed by atoms with Gasteiger partial charge in [0.1, 0.15) is 6.61 Å². The lowest BCUT2D eigenvalue weighted by Gasteiger charge is -2.13. The van der Waals surface area contributed by atoms with E-state index in [1.807, 2.05) is 0 Å². The predicted molar refractivity (Wildman–Crippen MR) is 61.7 cm³/mol. The molecule has 0 saturated carbocycles. The van der Waals surface area contributed by atoms with Crippen molar-refractivity contribution in [2.24, 2.45) is 0 Å². The lowest BCUT2D eigenvalue weighted by atomic mass is 10.5. The molecule has 0 aliphatic carbocycles. The summed E-state index contributed by atoms with van der Waals surface area (Å²) in [5.41, 5.74) is 0. The van der Waals surface area contributed by atoms with E-state index in [0.29, 0.717) is 6.54 Å². The fraction of sp³-hybridized carbons (Fsp3) is 0.545. The Kier molecular flexibility index (Phi) is 5.86. The molecule has 0 saturated heterocycles. The van der Waals surface area contributed by atoms with Gasteiger partial charge in [0.25, 0.3) is 11.8 Å². The fourth-order valence-corrected chi connectivity index (χ4v) is 1.30. The molecule has 0 radical (unpaired) electrons. The van der Waals surface area contributed by atoms with Crippen LogP contribution in [-0.2, 0) is 19.1 Å². The van der Waals surface area contributed by atoms with Crippen molar-refractivity contribution in [3.63, 3.8) is 0 Å². The van der Waals surface area contributed by atoms with Crippen LogP contribution in [0.15, 0.2) is 12.2 Å². The van der Waals surface area contributed by atoms with Crippen LogP contribution in [0.4, 0.5) is 4.79 Å². The molecule has 1 rings (SSSR count). The average molecular weight is 256 g/mol. The summed E-state index contributed by atoms with van der Waals surface area (Å²) in [5.74, 6) is -0.663. The van der Waals surface area contributed by atoms with Crippen molar-refractivity contribution in [3.8, 4) is 0 Å². The van der Waals surface area contributed by atoms with Crippen molar-refractivity contribution in [1.29, 1.82) is 0 Å². The highest BCUT2D eigenvalue weighted by atomic mass is 16.6.